The summed E-state index contributed by atoms with van der Waals surface area (Å²) in [6, 6.07) is 7.60. The summed E-state index contributed by atoms with van der Waals surface area (Å²) in [5, 5.41) is 0. The summed E-state index contributed by atoms with van der Waals surface area (Å²) in [7, 11) is 1.67. The zero-order valence-corrected chi connectivity index (χ0v) is 13.7. The number of hydrogen-bond donors (Lipinski definition) is 0. The Kier molecular flexibility index (Phi) is 6.40. The van der Waals surface area contributed by atoms with Crippen LogP contribution in [0.25, 0.3) is 0 Å². The van der Waals surface area contributed by atoms with Crippen LogP contribution in [0.15, 0.2) is 24.3 Å². The monoisotopic (exact) mass is 290 g/mol. The molecular weight excluding hydrogens is 264 g/mol. The van der Waals surface area contributed by atoms with E-state index in [2.05, 4.69) is 13.8 Å². The lowest BCUT2D eigenvalue weighted by Crippen LogP contribution is -2.41. The van der Waals surface area contributed by atoms with Crippen LogP contribution in [-0.2, 0) is 4.79 Å². The van der Waals surface area contributed by atoms with Crippen LogP contribution in [0.1, 0.15) is 49.5 Å². The Balaban J connectivity index is 2.72. The van der Waals surface area contributed by atoms with Crippen molar-refractivity contribution in [2.45, 2.75) is 33.6 Å². The molecule has 0 aliphatic carbocycles. The topological polar surface area (TPSA) is 40.6 Å². The molecule has 21 heavy (non-hydrogen) atoms. The van der Waals surface area contributed by atoms with Crippen molar-refractivity contribution in [3.63, 3.8) is 0 Å². The molecule has 0 fully saturated rings. The standard InChI is InChI=1S/C17H26N2O2/c1-6-19(7-2)16(20)12-18(5)17(21)15-10-8-14(9-11-15)13(3)4/h8-11,13H,6-7,12H2,1-5H3. The molecular formula is C17H26N2O2. The average Bonchev–Trinajstić information content (AvgIpc) is 2.47. The third-order valence-corrected chi connectivity index (χ3v) is 3.66. The summed E-state index contributed by atoms with van der Waals surface area (Å²) in [4.78, 5) is 27.5. The normalized spacial score (nSPS) is 10.6. The van der Waals surface area contributed by atoms with Gasteiger partial charge in [-0.15, -0.1) is 0 Å². The second kappa shape index (κ2) is 7.81. The molecule has 1 aromatic rings. The maximum absolute atomic E-state index is 12.3. The number of rotatable bonds is 6. The van der Waals surface area contributed by atoms with Crippen molar-refractivity contribution >= 4 is 11.8 Å². The van der Waals surface area contributed by atoms with Gasteiger partial charge in [0.25, 0.3) is 5.91 Å². The third kappa shape index (κ3) is 4.59. The van der Waals surface area contributed by atoms with E-state index in [0.717, 1.165) is 0 Å². The number of amides is 2. The summed E-state index contributed by atoms with van der Waals surface area (Å²) in [6.07, 6.45) is 0. The van der Waals surface area contributed by atoms with E-state index in [9.17, 15) is 9.59 Å². The maximum atomic E-state index is 12.3. The van der Waals surface area contributed by atoms with E-state index in [0.29, 0.717) is 24.6 Å². The van der Waals surface area contributed by atoms with Gasteiger partial charge in [-0.1, -0.05) is 26.0 Å². The lowest BCUT2D eigenvalue weighted by Gasteiger charge is -2.23. The molecule has 2 amide bonds. The second-order valence-electron chi connectivity index (χ2n) is 5.50. The number of carbonyl (C=O) groups excluding carboxylic acids is 2. The quantitative estimate of drug-likeness (QED) is 0.808. The van der Waals surface area contributed by atoms with Crippen LogP contribution < -0.4 is 0 Å². The highest BCUT2D eigenvalue weighted by molar-refractivity contribution is 5.96. The minimum absolute atomic E-state index is 0.0188. The highest BCUT2D eigenvalue weighted by Crippen LogP contribution is 2.15. The Morgan fingerprint density at radius 3 is 2.00 bits per heavy atom. The van der Waals surface area contributed by atoms with E-state index in [-0.39, 0.29) is 18.4 Å². The summed E-state index contributed by atoms with van der Waals surface area (Å²) in [5.74, 6) is 0.302. The van der Waals surface area contributed by atoms with Gasteiger partial charge in [-0.2, -0.15) is 0 Å². The molecule has 0 spiro atoms. The van der Waals surface area contributed by atoms with Crippen molar-refractivity contribution in [1.82, 2.24) is 9.80 Å². The first kappa shape index (κ1) is 17.2. The van der Waals surface area contributed by atoms with Gasteiger partial charge in [0.15, 0.2) is 0 Å². The minimum Gasteiger partial charge on any atom is -0.342 e. The molecule has 1 rings (SSSR count). The molecule has 1 aromatic carbocycles. The molecule has 0 aromatic heterocycles. The van der Waals surface area contributed by atoms with Crippen LogP contribution in [0, 0.1) is 0 Å². The Labute approximate surface area is 127 Å². The average molecular weight is 290 g/mol. The van der Waals surface area contributed by atoms with E-state index >= 15 is 0 Å². The molecule has 0 aliphatic heterocycles. The van der Waals surface area contributed by atoms with Gasteiger partial charge in [-0.05, 0) is 37.5 Å². The fourth-order valence-electron chi connectivity index (χ4n) is 2.18. The second-order valence-corrected chi connectivity index (χ2v) is 5.50. The molecule has 0 unspecified atom stereocenters. The fourth-order valence-corrected chi connectivity index (χ4v) is 2.18. The van der Waals surface area contributed by atoms with Crippen molar-refractivity contribution < 1.29 is 9.59 Å². The van der Waals surface area contributed by atoms with Crippen LogP contribution >= 0.6 is 0 Å². The van der Waals surface area contributed by atoms with Gasteiger partial charge >= 0.3 is 0 Å². The van der Waals surface area contributed by atoms with Gasteiger partial charge in [0.05, 0.1) is 6.54 Å². The van der Waals surface area contributed by atoms with Crippen molar-refractivity contribution in [3.8, 4) is 0 Å². The third-order valence-electron chi connectivity index (χ3n) is 3.66. The first-order valence-corrected chi connectivity index (χ1v) is 7.53. The van der Waals surface area contributed by atoms with E-state index in [1.807, 2.05) is 38.1 Å². The molecule has 0 N–H and O–H groups in total. The van der Waals surface area contributed by atoms with Gasteiger partial charge in [-0.25, -0.2) is 0 Å². The van der Waals surface area contributed by atoms with Crippen molar-refractivity contribution in [2.75, 3.05) is 26.7 Å². The highest BCUT2D eigenvalue weighted by atomic mass is 16.2. The fraction of sp³-hybridized carbons (Fsp3) is 0.529. The smallest absolute Gasteiger partial charge is 0.254 e. The first-order chi connectivity index (χ1) is 9.90. The lowest BCUT2D eigenvalue weighted by atomic mass is 10.0. The molecule has 0 radical (unpaired) electrons. The zero-order chi connectivity index (χ0) is 16.0. The van der Waals surface area contributed by atoms with Crippen molar-refractivity contribution in [3.05, 3.63) is 35.4 Å². The molecule has 4 heteroatoms. The number of likely N-dealkylation sites (N-methyl/N-ethyl adjacent to an activating group) is 2. The number of benzene rings is 1. The molecule has 4 nitrogen and oxygen atoms in total. The van der Waals surface area contributed by atoms with E-state index in [4.69, 9.17) is 0 Å². The number of nitrogens with zero attached hydrogens (tertiary/aromatic N) is 2. The number of carbonyl (C=O) groups is 2. The van der Waals surface area contributed by atoms with Crippen molar-refractivity contribution in [1.29, 1.82) is 0 Å². The lowest BCUT2D eigenvalue weighted by molar-refractivity contribution is -0.131. The summed E-state index contributed by atoms with van der Waals surface area (Å²) < 4.78 is 0. The SMILES string of the molecule is CCN(CC)C(=O)CN(C)C(=O)c1ccc(C(C)C)cc1. The van der Waals surface area contributed by atoms with Crippen LogP contribution in [0.5, 0.6) is 0 Å². The maximum Gasteiger partial charge on any atom is 0.254 e. The van der Waals surface area contributed by atoms with Crippen LogP contribution in [0.2, 0.25) is 0 Å². The highest BCUT2D eigenvalue weighted by Gasteiger charge is 2.17. The molecule has 116 valence electrons. The predicted octanol–water partition coefficient (Wildman–Crippen LogP) is 2.75. The van der Waals surface area contributed by atoms with E-state index < -0.39 is 0 Å². The molecule has 0 heterocycles. The first-order valence-electron chi connectivity index (χ1n) is 7.53. The molecule has 0 saturated heterocycles. The molecule has 0 bridgehead atoms. The van der Waals surface area contributed by atoms with Crippen molar-refractivity contribution in [2.24, 2.45) is 0 Å². The Hall–Kier alpha value is -1.84. The van der Waals surface area contributed by atoms with Gasteiger partial charge in [0, 0.05) is 25.7 Å². The zero-order valence-electron chi connectivity index (χ0n) is 13.7. The molecule has 0 atom stereocenters. The Morgan fingerprint density at radius 1 is 1.05 bits per heavy atom. The van der Waals surface area contributed by atoms with Crippen LogP contribution in [0.3, 0.4) is 0 Å². The Bertz CT molecular complexity index is 476. The van der Waals surface area contributed by atoms with Gasteiger partial charge in [0.1, 0.15) is 0 Å². The Morgan fingerprint density at radius 2 is 1.57 bits per heavy atom. The van der Waals surface area contributed by atoms with E-state index in [1.54, 1.807) is 11.9 Å². The van der Waals surface area contributed by atoms with E-state index in [1.165, 1.54) is 10.5 Å². The summed E-state index contributed by atoms with van der Waals surface area (Å²) >= 11 is 0. The molecule has 0 saturated carbocycles. The van der Waals surface area contributed by atoms with Crippen LogP contribution in [0.4, 0.5) is 0 Å². The van der Waals surface area contributed by atoms with Gasteiger partial charge < -0.3 is 9.80 Å². The minimum atomic E-state index is -0.120. The van der Waals surface area contributed by atoms with Crippen LogP contribution in [-0.4, -0.2) is 48.3 Å². The summed E-state index contributed by atoms with van der Waals surface area (Å²) in [6.45, 7) is 9.56. The van der Waals surface area contributed by atoms with Gasteiger partial charge in [-0.3, -0.25) is 9.59 Å². The number of hydrogen-bond acceptors (Lipinski definition) is 2. The molecule has 0 aliphatic rings. The predicted molar refractivity (Wildman–Crippen MR) is 85.4 cm³/mol. The van der Waals surface area contributed by atoms with Gasteiger partial charge in [0.2, 0.25) is 5.91 Å². The summed E-state index contributed by atoms with van der Waals surface area (Å²) in [5.41, 5.74) is 1.82. The largest absolute Gasteiger partial charge is 0.342 e.